The summed E-state index contributed by atoms with van der Waals surface area (Å²) in [5.41, 5.74) is 1.67. The number of sulfonamides is 1. The lowest BCUT2D eigenvalue weighted by molar-refractivity contribution is -0.385. The van der Waals surface area contributed by atoms with Gasteiger partial charge in [0.05, 0.1) is 26.8 Å². The van der Waals surface area contributed by atoms with Gasteiger partial charge >= 0.3 is 0 Å². The van der Waals surface area contributed by atoms with Gasteiger partial charge in [-0.3, -0.25) is 19.6 Å². The molecule has 0 fully saturated rings. The molecule has 3 aromatic carbocycles. The molecule has 0 aliphatic heterocycles. The van der Waals surface area contributed by atoms with Crippen molar-refractivity contribution < 1.29 is 18.1 Å². The standard InChI is InChI=1S/C21H17N7O5S/c1-14-9-10-15(11-20(14)27-13-22-25-26-27)23-21(29)18-7-2-3-8-19(18)24-34(32,33)17-6-4-5-16(12-17)28(30)31/h2-13,24H,1H3,(H,23,29). The Labute approximate surface area is 193 Å². The number of benzene rings is 3. The summed E-state index contributed by atoms with van der Waals surface area (Å²) in [5.74, 6) is -0.566. The Morgan fingerprint density at radius 3 is 2.59 bits per heavy atom. The van der Waals surface area contributed by atoms with Crippen LogP contribution < -0.4 is 10.0 Å². The van der Waals surface area contributed by atoms with Crippen LogP contribution in [0.5, 0.6) is 0 Å². The van der Waals surface area contributed by atoms with E-state index in [1.54, 1.807) is 30.3 Å². The maximum atomic E-state index is 13.0. The van der Waals surface area contributed by atoms with E-state index in [9.17, 15) is 23.3 Å². The number of nitro benzene ring substituents is 1. The summed E-state index contributed by atoms with van der Waals surface area (Å²) in [5, 5.41) is 24.8. The number of rotatable bonds is 7. The molecule has 172 valence electrons. The Kier molecular flexibility index (Phi) is 6.01. The lowest BCUT2D eigenvalue weighted by atomic mass is 10.1. The molecule has 1 amide bonds. The number of nitrogens with one attached hydrogen (secondary N) is 2. The van der Waals surface area contributed by atoms with Crippen molar-refractivity contribution in [3.05, 3.63) is 94.3 Å². The van der Waals surface area contributed by atoms with E-state index in [2.05, 4.69) is 25.6 Å². The van der Waals surface area contributed by atoms with Gasteiger partial charge in [-0.25, -0.2) is 13.1 Å². The Morgan fingerprint density at radius 1 is 1.06 bits per heavy atom. The molecule has 12 nitrogen and oxygen atoms in total. The average Bonchev–Trinajstić information content (AvgIpc) is 3.35. The first-order chi connectivity index (χ1) is 16.2. The molecular formula is C21H17N7O5S. The molecule has 1 aromatic heterocycles. The van der Waals surface area contributed by atoms with Gasteiger partial charge in [0.15, 0.2) is 0 Å². The summed E-state index contributed by atoms with van der Waals surface area (Å²) < 4.78 is 29.5. The van der Waals surface area contributed by atoms with E-state index in [0.717, 1.165) is 11.6 Å². The fourth-order valence-corrected chi connectivity index (χ4v) is 4.26. The smallest absolute Gasteiger partial charge is 0.270 e. The number of anilines is 2. The zero-order chi connectivity index (χ0) is 24.3. The number of hydrogen-bond acceptors (Lipinski definition) is 8. The molecule has 0 unspecified atom stereocenters. The summed E-state index contributed by atoms with van der Waals surface area (Å²) >= 11 is 0. The van der Waals surface area contributed by atoms with Gasteiger partial charge < -0.3 is 5.32 Å². The predicted molar refractivity (Wildman–Crippen MR) is 122 cm³/mol. The van der Waals surface area contributed by atoms with Crippen molar-refractivity contribution in [3.8, 4) is 5.69 Å². The fraction of sp³-hybridized carbons (Fsp3) is 0.0476. The number of aryl methyl sites for hydroxylation is 1. The molecule has 0 bridgehead atoms. The van der Waals surface area contributed by atoms with Crippen molar-refractivity contribution in [2.24, 2.45) is 0 Å². The number of carbonyl (C=O) groups is 1. The van der Waals surface area contributed by atoms with Crippen LogP contribution in [0.1, 0.15) is 15.9 Å². The fourth-order valence-electron chi connectivity index (χ4n) is 3.14. The van der Waals surface area contributed by atoms with Gasteiger partial charge in [-0.2, -0.15) is 0 Å². The Morgan fingerprint density at radius 2 is 1.85 bits per heavy atom. The van der Waals surface area contributed by atoms with Crippen LogP contribution in [0.4, 0.5) is 17.1 Å². The second-order valence-corrected chi connectivity index (χ2v) is 8.80. The highest BCUT2D eigenvalue weighted by Gasteiger charge is 2.21. The molecule has 0 atom stereocenters. The van der Waals surface area contributed by atoms with Crippen LogP contribution in [0.25, 0.3) is 5.69 Å². The zero-order valence-electron chi connectivity index (χ0n) is 17.6. The third-order valence-electron chi connectivity index (χ3n) is 4.82. The Hall–Kier alpha value is -4.65. The highest BCUT2D eigenvalue weighted by atomic mass is 32.2. The van der Waals surface area contributed by atoms with Gasteiger partial charge in [-0.05, 0) is 53.2 Å². The molecule has 1 heterocycles. The summed E-state index contributed by atoms with van der Waals surface area (Å²) in [6.07, 6.45) is 1.42. The Bertz CT molecular complexity index is 1490. The molecule has 0 radical (unpaired) electrons. The van der Waals surface area contributed by atoms with Crippen LogP contribution in [-0.2, 0) is 10.0 Å². The molecule has 0 saturated carbocycles. The SMILES string of the molecule is Cc1ccc(NC(=O)c2ccccc2NS(=O)(=O)c2cccc([N+](=O)[O-])c2)cc1-n1cnnn1. The number of non-ortho nitro benzene ring substituents is 1. The van der Waals surface area contributed by atoms with Crippen molar-refractivity contribution in [3.63, 3.8) is 0 Å². The molecule has 34 heavy (non-hydrogen) atoms. The van der Waals surface area contributed by atoms with E-state index in [1.165, 1.54) is 41.3 Å². The second kappa shape index (κ2) is 9.07. The number of tetrazole rings is 1. The summed E-state index contributed by atoms with van der Waals surface area (Å²) in [4.78, 5) is 23.0. The topological polar surface area (TPSA) is 162 Å². The molecular weight excluding hydrogens is 462 g/mol. The minimum Gasteiger partial charge on any atom is -0.322 e. The van der Waals surface area contributed by atoms with E-state index >= 15 is 0 Å². The average molecular weight is 479 g/mol. The van der Waals surface area contributed by atoms with E-state index in [1.807, 2.05) is 6.92 Å². The van der Waals surface area contributed by atoms with Gasteiger partial charge in [0, 0.05) is 17.8 Å². The summed E-state index contributed by atoms with van der Waals surface area (Å²) in [6, 6.07) is 15.8. The first-order valence-corrected chi connectivity index (χ1v) is 11.2. The third-order valence-corrected chi connectivity index (χ3v) is 6.18. The number of nitrogens with zero attached hydrogens (tertiary/aromatic N) is 5. The first-order valence-electron chi connectivity index (χ1n) is 9.76. The molecule has 2 N–H and O–H groups in total. The third kappa shape index (κ3) is 4.73. The number of hydrogen-bond donors (Lipinski definition) is 2. The molecule has 4 aromatic rings. The molecule has 0 aliphatic carbocycles. The second-order valence-electron chi connectivity index (χ2n) is 7.12. The quantitative estimate of drug-likeness (QED) is 0.302. The van der Waals surface area contributed by atoms with Crippen LogP contribution in [0, 0.1) is 17.0 Å². The van der Waals surface area contributed by atoms with Gasteiger partial charge in [-0.1, -0.05) is 24.3 Å². The van der Waals surface area contributed by atoms with Crippen LogP contribution in [0.15, 0.2) is 78.0 Å². The van der Waals surface area contributed by atoms with Crippen LogP contribution >= 0.6 is 0 Å². The van der Waals surface area contributed by atoms with Gasteiger partial charge in [0.25, 0.3) is 21.6 Å². The zero-order valence-corrected chi connectivity index (χ0v) is 18.4. The van der Waals surface area contributed by atoms with Gasteiger partial charge in [0.2, 0.25) is 0 Å². The van der Waals surface area contributed by atoms with Gasteiger partial charge in [-0.15, -0.1) is 5.10 Å². The van der Waals surface area contributed by atoms with Crippen LogP contribution in [0.2, 0.25) is 0 Å². The number of para-hydroxylation sites is 1. The van der Waals surface area contributed by atoms with Crippen molar-refractivity contribution in [2.75, 3.05) is 10.0 Å². The largest absolute Gasteiger partial charge is 0.322 e. The van der Waals surface area contributed by atoms with E-state index < -0.39 is 20.9 Å². The number of nitro groups is 1. The number of carbonyl (C=O) groups excluding carboxylic acids is 1. The van der Waals surface area contributed by atoms with Crippen molar-refractivity contribution >= 4 is 33.0 Å². The maximum Gasteiger partial charge on any atom is 0.270 e. The number of aromatic nitrogens is 4. The highest BCUT2D eigenvalue weighted by Crippen LogP contribution is 2.24. The summed E-state index contributed by atoms with van der Waals surface area (Å²) in [7, 11) is -4.20. The molecule has 13 heteroatoms. The monoisotopic (exact) mass is 479 g/mol. The normalized spacial score (nSPS) is 11.1. The van der Waals surface area contributed by atoms with E-state index in [0.29, 0.717) is 11.4 Å². The summed E-state index contributed by atoms with van der Waals surface area (Å²) in [6.45, 7) is 1.86. The minimum absolute atomic E-state index is 0.0133. The van der Waals surface area contributed by atoms with Crippen molar-refractivity contribution in [1.29, 1.82) is 0 Å². The van der Waals surface area contributed by atoms with Gasteiger partial charge in [0.1, 0.15) is 6.33 Å². The maximum absolute atomic E-state index is 13.0. The minimum atomic E-state index is -4.20. The van der Waals surface area contributed by atoms with Crippen molar-refractivity contribution in [2.45, 2.75) is 11.8 Å². The lowest BCUT2D eigenvalue weighted by Crippen LogP contribution is -2.19. The van der Waals surface area contributed by atoms with Crippen molar-refractivity contribution in [1.82, 2.24) is 20.2 Å². The van der Waals surface area contributed by atoms with E-state index in [-0.39, 0.29) is 21.8 Å². The predicted octanol–water partition coefficient (Wildman–Crippen LogP) is 2.93. The first kappa shape index (κ1) is 22.5. The van der Waals surface area contributed by atoms with E-state index in [4.69, 9.17) is 0 Å². The lowest BCUT2D eigenvalue weighted by Gasteiger charge is -2.14. The Balaban J connectivity index is 1.61. The molecule has 0 saturated heterocycles. The molecule has 0 aliphatic rings. The molecule has 0 spiro atoms. The highest BCUT2D eigenvalue weighted by molar-refractivity contribution is 7.92. The number of amides is 1. The van der Waals surface area contributed by atoms with Crippen LogP contribution in [0.3, 0.4) is 0 Å². The molecule has 4 rings (SSSR count). The van der Waals surface area contributed by atoms with Crippen LogP contribution in [-0.4, -0.2) is 39.5 Å².